The summed E-state index contributed by atoms with van der Waals surface area (Å²) >= 11 is 0. The van der Waals surface area contributed by atoms with E-state index in [1.807, 2.05) is 0 Å². The van der Waals surface area contributed by atoms with Crippen LogP contribution in [0.1, 0.15) is 46.0 Å². The van der Waals surface area contributed by atoms with E-state index in [1.165, 1.54) is 6.42 Å². The van der Waals surface area contributed by atoms with Crippen LogP contribution >= 0.6 is 0 Å². The fourth-order valence-electron chi connectivity index (χ4n) is 2.44. The first-order valence-corrected chi connectivity index (χ1v) is 6.98. The summed E-state index contributed by atoms with van der Waals surface area (Å²) in [4.78, 5) is 0. The van der Waals surface area contributed by atoms with Crippen LogP contribution < -0.4 is 5.73 Å². The Morgan fingerprint density at radius 2 is 2.13 bits per heavy atom. The Hall–Kier alpha value is -0.130. The Morgan fingerprint density at radius 3 is 2.60 bits per heavy atom. The van der Waals surface area contributed by atoms with Crippen molar-refractivity contribution in [3.05, 3.63) is 0 Å². The molecule has 0 heterocycles. The van der Waals surface area contributed by atoms with Crippen LogP contribution in [-0.2, 0) is 10.1 Å². The maximum Gasteiger partial charge on any atom is 0.280 e. The van der Waals surface area contributed by atoms with Crippen LogP contribution in [0, 0.1) is 11.3 Å². The van der Waals surface area contributed by atoms with Crippen molar-refractivity contribution in [2.45, 2.75) is 51.3 Å². The van der Waals surface area contributed by atoms with Crippen molar-refractivity contribution in [1.82, 2.24) is 0 Å². The molecule has 0 bridgehead atoms. The first-order valence-electron chi connectivity index (χ1n) is 5.47. The number of hydrogen-bond donors (Lipinski definition) is 2. The van der Waals surface area contributed by atoms with Gasteiger partial charge in [-0.15, -0.1) is 0 Å². The van der Waals surface area contributed by atoms with E-state index in [-0.39, 0.29) is 5.41 Å². The molecule has 0 spiro atoms. The zero-order chi connectivity index (χ0) is 11.7. The van der Waals surface area contributed by atoms with Crippen molar-refractivity contribution in [3.8, 4) is 0 Å². The summed E-state index contributed by atoms with van der Waals surface area (Å²) in [5.74, 6) is 0.471. The maximum absolute atomic E-state index is 10.9. The summed E-state index contributed by atoms with van der Waals surface area (Å²) in [7, 11) is -4.09. The average Bonchev–Trinajstić information content (AvgIpc) is 2.09. The van der Waals surface area contributed by atoms with Gasteiger partial charge in [0.1, 0.15) is 5.37 Å². The van der Waals surface area contributed by atoms with E-state index in [2.05, 4.69) is 13.8 Å². The summed E-state index contributed by atoms with van der Waals surface area (Å²) < 4.78 is 30.6. The highest BCUT2D eigenvalue weighted by molar-refractivity contribution is 7.86. The van der Waals surface area contributed by atoms with Crippen LogP contribution in [0.25, 0.3) is 0 Å². The van der Waals surface area contributed by atoms with Crippen molar-refractivity contribution in [1.29, 1.82) is 0 Å². The monoisotopic (exact) mass is 235 g/mol. The minimum Gasteiger partial charge on any atom is -0.313 e. The molecule has 1 aliphatic rings. The van der Waals surface area contributed by atoms with Gasteiger partial charge in [-0.2, -0.15) is 8.42 Å². The molecule has 90 valence electrons. The van der Waals surface area contributed by atoms with Crippen LogP contribution in [0.5, 0.6) is 0 Å². The molecular weight excluding hydrogens is 214 g/mol. The van der Waals surface area contributed by atoms with Gasteiger partial charge in [-0.3, -0.25) is 4.55 Å². The van der Waals surface area contributed by atoms with Crippen LogP contribution in [0.4, 0.5) is 0 Å². The lowest BCUT2D eigenvalue weighted by Gasteiger charge is -2.40. The maximum atomic E-state index is 10.9. The quantitative estimate of drug-likeness (QED) is 0.730. The lowest BCUT2D eigenvalue weighted by Crippen LogP contribution is -2.40. The van der Waals surface area contributed by atoms with E-state index in [1.54, 1.807) is 0 Å². The fraction of sp³-hybridized carbons (Fsp3) is 1.00. The summed E-state index contributed by atoms with van der Waals surface area (Å²) in [6.07, 6.45) is 4.80. The molecule has 0 radical (unpaired) electrons. The van der Waals surface area contributed by atoms with Crippen LogP contribution in [0.15, 0.2) is 0 Å². The Balaban J connectivity index is 2.70. The summed E-state index contributed by atoms with van der Waals surface area (Å²) in [5.41, 5.74) is 5.44. The SMILES string of the molecule is CC1CCCCC1(C)CC(N)S(=O)(=O)O. The largest absolute Gasteiger partial charge is 0.313 e. The van der Waals surface area contributed by atoms with Crippen molar-refractivity contribution in [3.63, 3.8) is 0 Å². The first kappa shape index (κ1) is 12.9. The van der Waals surface area contributed by atoms with Crippen molar-refractivity contribution in [2.24, 2.45) is 17.1 Å². The molecule has 15 heavy (non-hydrogen) atoms. The molecule has 0 amide bonds. The molecule has 3 N–H and O–H groups in total. The highest BCUT2D eigenvalue weighted by Gasteiger charge is 2.37. The standard InChI is InChI=1S/C10H21NO3S/c1-8-5-3-4-6-10(8,2)7-9(11)15(12,13)14/h8-9H,3-7,11H2,1-2H3,(H,12,13,14). The van der Waals surface area contributed by atoms with Crippen LogP contribution in [-0.4, -0.2) is 18.3 Å². The molecule has 1 aliphatic carbocycles. The lowest BCUT2D eigenvalue weighted by atomic mass is 9.66. The third kappa shape index (κ3) is 3.16. The van der Waals surface area contributed by atoms with Gasteiger partial charge in [-0.25, -0.2) is 0 Å². The minimum absolute atomic E-state index is 0.0481. The number of hydrogen-bond acceptors (Lipinski definition) is 3. The topological polar surface area (TPSA) is 80.4 Å². The van der Waals surface area contributed by atoms with Gasteiger partial charge in [-0.05, 0) is 24.2 Å². The Morgan fingerprint density at radius 1 is 1.53 bits per heavy atom. The fourth-order valence-corrected chi connectivity index (χ4v) is 3.03. The van der Waals surface area contributed by atoms with Gasteiger partial charge in [0.2, 0.25) is 0 Å². The minimum atomic E-state index is -4.09. The molecule has 1 fully saturated rings. The highest BCUT2D eigenvalue weighted by Crippen LogP contribution is 2.44. The first-order chi connectivity index (χ1) is 6.76. The third-order valence-electron chi connectivity index (χ3n) is 3.87. The van der Waals surface area contributed by atoms with Gasteiger partial charge in [0.25, 0.3) is 10.1 Å². The third-order valence-corrected chi connectivity index (χ3v) is 4.81. The van der Waals surface area contributed by atoms with Gasteiger partial charge < -0.3 is 5.73 Å². The zero-order valence-corrected chi connectivity index (χ0v) is 10.3. The van der Waals surface area contributed by atoms with Gasteiger partial charge in [0.05, 0.1) is 0 Å². The number of nitrogens with two attached hydrogens (primary N) is 1. The summed E-state index contributed by atoms with van der Waals surface area (Å²) in [5, 5.41) is -1.14. The van der Waals surface area contributed by atoms with E-state index in [0.717, 1.165) is 19.3 Å². The van der Waals surface area contributed by atoms with Gasteiger partial charge in [0, 0.05) is 0 Å². The van der Waals surface area contributed by atoms with E-state index in [0.29, 0.717) is 12.3 Å². The van der Waals surface area contributed by atoms with E-state index < -0.39 is 15.5 Å². The van der Waals surface area contributed by atoms with Gasteiger partial charge in [0.15, 0.2) is 0 Å². The van der Waals surface area contributed by atoms with E-state index in [9.17, 15) is 8.42 Å². The highest BCUT2D eigenvalue weighted by atomic mass is 32.2. The molecule has 3 unspecified atom stereocenters. The average molecular weight is 235 g/mol. The molecule has 0 aromatic heterocycles. The Labute approximate surface area is 92.0 Å². The molecular formula is C10H21NO3S. The normalized spacial score (nSPS) is 35.1. The predicted octanol–water partition coefficient (Wildman–Crippen LogP) is 1.77. The predicted molar refractivity (Wildman–Crippen MR) is 59.9 cm³/mol. The molecule has 0 aromatic carbocycles. The second kappa shape index (κ2) is 4.39. The molecule has 0 aromatic rings. The Bertz CT molecular complexity index is 315. The smallest absolute Gasteiger partial charge is 0.280 e. The molecule has 1 rings (SSSR count). The van der Waals surface area contributed by atoms with Crippen molar-refractivity contribution < 1.29 is 13.0 Å². The molecule has 0 saturated heterocycles. The van der Waals surface area contributed by atoms with E-state index >= 15 is 0 Å². The van der Waals surface area contributed by atoms with Gasteiger partial charge in [-0.1, -0.05) is 33.1 Å². The molecule has 4 nitrogen and oxygen atoms in total. The molecule has 1 saturated carbocycles. The molecule has 0 aliphatic heterocycles. The second-order valence-corrected chi connectivity index (χ2v) is 6.69. The molecule has 5 heteroatoms. The molecule has 3 atom stereocenters. The van der Waals surface area contributed by atoms with Crippen LogP contribution in [0.2, 0.25) is 0 Å². The van der Waals surface area contributed by atoms with Crippen molar-refractivity contribution >= 4 is 10.1 Å². The Kier molecular flexibility index (Phi) is 3.79. The second-order valence-electron chi connectivity index (χ2n) is 5.06. The van der Waals surface area contributed by atoms with Crippen LogP contribution in [0.3, 0.4) is 0 Å². The van der Waals surface area contributed by atoms with E-state index in [4.69, 9.17) is 10.3 Å². The van der Waals surface area contributed by atoms with Gasteiger partial charge >= 0.3 is 0 Å². The summed E-state index contributed by atoms with van der Waals surface area (Å²) in [6.45, 7) is 4.21. The lowest BCUT2D eigenvalue weighted by molar-refractivity contribution is 0.116. The van der Waals surface area contributed by atoms with Crippen molar-refractivity contribution in [2.75, 3.05) is 0 Å². The zero-order valence-electron chi connectivity index (χ0n) is 9.44. The summed E-state index contributed by atoms with van der Waals surface area (Å²) in [6, 6.07) is 0. The number of rotatable bonds is 3.